The molecule has 4 amide bonds. The fourth-order valence-electron chi connectivity index (χ4n) is 4.57. The molecule has 1 aromatic carbocycles. The smallest absolute Gasteiger partial charge is 0.325 e. The van der Waals surface area contributed by atoms with Crippen molar-refractivity contribution in [3.05, 3.63) is 35.4 Å². The van der Waals surface area contributed by atoms with E-state index in [9.17, 15) is 14.4 Å². The van der Waals surface area contributed by atoms with Crippen LogP contribution in [0.15, 0.2) is 24.3 Å². The summed E-state index contributed by atoms with van der Waals surface area (Å²) in [7, 11) is 0. The highest BCUT2D eigenvalue weighted by Gasteiger charge is 2.51. The molecule has 0 unspecified atom stereocenters. The molecule has 2 aliphatic heterocycles. The highest BCUT2D eigenvalue weighted by atomic mass is 16.5. The van der Waals surface area contributed by atoms with Gasteiger partial charge in [0.05, 0.1) is 13.2 Å². The molecule has 162 valence electrons. The third kappa shape index (κ3) is 4.65. The van der Waals surface area contributed by atoms with E-state index in [4.69, 9.17) is 4.74 Å². The zero-order chi connectivity index (χ0) is 21.0. The van der Waals surface area contributed by atoms with E-state index in [1.807, 2.05) is 12.1 Å². The second-order valence-corrected chi connectivity index (χ2v) is 8.45. The number of morpholine rings is 1. The maximum Gasteiger partial charge on any atom is 0.325 e. The molecule has 2 heterocycles. The summed E-state index contributed by atoms with van der Waals surface area (Å²) in [5.41, 5.74) is 1.40. The first-order valence-corrected chi connectivity index (χ1v) is 10.8. The summed E-state index contributed by atoms with van der Waals surface area (Å²) >= 11 is 0. The van der Waals surface area contributed by atoms with Crippen LogP contribution in [0.25, 0.3) is 0 Å². The molecule has 0 bridgehead atoms. The Hall–Kier alpha value is -2.45. The molecule has 8 heteroatoms. The molecule has 0 aromatic heterocycles. The lowest BCUT2D eigenvalue weighted by Crippen LogP contribution is -2.49. The molecule has 2 saturated heterocycles. The van der Waals surface area contributed by atoms with Crippen LogP contribution in [0.2, 0.25) is 0 Å². The number of hydrogen-bond acceptors (Lipinski definition) is 5. The van der Waals surface area contributed by atoms with Crippen LogP contribution in [0.3, 0.4) is 0 Å². The van der Waals surface area contributed by atoms with Crippen LogP contribution >= 0.6 is 0 Å². The molecule has 1 aromatic rings. The topological polar surface area (TPSA) is 91.0 Å². The van der Waals surface area contributed by atoms with Crippen molar-refractivity contribution in [3.63, 3.8) is 0 Å². The Kier molecular flexibility index (Phi) is 6.34. The molecular formula is C22H30N4O4. The van der Waals surface area contributed by atoms with Crippen LogP contribution in [0.5, 0.6) is 0 Å². The van der Waals surface area contributed by atoms with E-state index in [2.05, 4.69) is 27.7 Å². The fraction of sp³-hybridized carbons (Fsp3) is 0.591. The molecule has 1 saturated carbocycles. The third-order valence-electron chi connectivity index (χ3n) is 6.25. The van der Waals surface area contributed by atoms with Crippen LogP contribution in [0.4, 0.5) is 4.79 Å². The van der Waals surface area contributed by atoms with Crippen molar-refractivity contribution >= 4 is 17.8 Å². The van der Waals surface area contributed by atoms with Gasteiger partial charge in [-0.2, -0.15) is 0 Å². The van der Waals surface area contributed by atoms with Gasteiger partial charge in [0.1, 0.15) is 12.1 Å². The van der Waals surface area contributed by atoms with Crippen molar-refractivity contribution in [1.29, 1.82) is 0 Å². The van der Waals surface area contributed by atoms with Crippen LogP contribution < -0.4 is 10.6 Å². The Labute approximate surface area is 176 Å². The van der Waals surface area contributed by atoms with Gasteiger partial charge in [0.2, 0.25) is 5.91 Å². The van der Waals surface area contributed by atoms with Crippen molar-refractivity contribution in [3.8, 4) is 0 Å². The Balaban J connectivity index is 1.29. The van der Waals surface area contributed by atoms with E-state index in [-0.39, 0.29) is 18.4 Å². The van der Waals surface area contributed by atoms with Crippen LogP contribution in [0.1, 0.15) is 43.2 Å². The number of carbonyl (C=O) groups is 3. The average Bonchev–Trinajstić information content (AvgIpc) is 2.97. The summed E-state index contributed by atoms with van der Waals surface area (Å²) in [6.07, 6.45) is 4.24. The minimum atomic E-state index is -0.788. The maximum absolute atomic E-state index is 12.8. The van der Waals surface area contributed by atoms with E-state index in [1.165, 1.54) is 5.56 Å². The van der Waals surface area contributed by atoms with Crippen molar-refractivity contribution in [1.82, 2.24) is 20.4 Å². The van der Waals surface area contributed by atoms with Gasteiger partial charge in [0, 0.05) is 26.2 Å². The summed E-state index contributed by atoms with van der Waals surface area (Å²) in [5, 5.41) is 5.68. The molecule has 3 fully saturated rings. The number of amides is 4. The summed E-state index contributed by atoms with van der Waals surface area (Å²) in [6.45, 7) is 4.36. The highest BCUT2D eigenvalue weighted by Crippen LogP contribution is 2.33. The number of carbonyl (C=O) groups excluding carboxylic acids is 3. The van der Waals surface area contributed by atoms with E-state index in [1.54, 1.807) is 0 Å². The van der Waals surface area contributed by atoms with Gasteiger partial charge in [0.15, 0.2) is 0 Å². The number of hydrogen-bond donors (Lipinski definition) is 2. The zero-order valence-corrected chi connectivity index (χ0v) is 17.3. The standard InChI is InChI=1S/C22H30N4O4/c27-19(16-26-20(28)22(24-21(26)29)7-2-1-3-8-22)23-14-17-5-4-6-18(13-17)15-25-9-11-30-12-10-25/h4-6,13H,1-3,7-12,14-16H2,(H,23,27)(H,24,29). The molecule has 8 nitrogen and oxygen atoms in total. The average molecular weight is 415 g/mol. The molecule has 4 rings (SSSR count). The lowest BCUT2D eigenvalue weighted by molar-refractivity contribution is -0.135. The van der Waals surface area contributed by atoms with E-state index in [0.29, 0.717) is 19.4 Å². The fourth-order valence-corrected chi connectivity index (χ4v) is 4.57. The molecule has 0 radical (unpaired) electrons. The predicted molar refractivity (Wildman–Crippen MR) is 110 cm³/mol. The van der Waals surface area contributed by atoms with Gasteiger partial charge in [0.25, 0.3) is 5.91 Å². The van der Waals surface area contributed by atoms with Crippen molar-refractivity contribution in [2.24, 2.45) is 0 Å². The van der Waals surface area contributed by atoms with Crippen molar-refractivity contribution in [2.75, 3.05) is 32.8 Å². The molecule has 30 heavy (non-hydrogen) atoms. The highest BCUT2D eigenvalue weighted by molar-refractivity contribution is 6.09. The van der Waals surface area contributed by atoms with E-state index >= 15 is 0 Å². The molecule has 3 aliphatic rings. The van der Waals surface area contributed by atoms with E-state index in [0.717, 1.165) is 62.6 Å². The summed E-state index contributed by atoms with van der Waals surface area (Å²) in [5.74, 6) is -0.584. The Morgan fingerprint density at radius 1 is 1.10 bits per heavy atom. The first-order valence-electron chi connectivity index (χ1n) is 10.8. The number of rotatable bonds is 6. The van der Waals surface area contributed by atoms with Gasteiger partial charge in [-0.05, 0) is 24.0 Å². The summed E-state index contributed by atoms with van der Waals surface area (Å²) in [6, 6.07) is 7.66. The van der Waals surface area contributed by atoms with Gasteiger partial charge in [-0.1, -0.05) is 43.5 Å². The number of ether oxygens (including phenoxy) is 1. The van der Waals surface area contributed by atoms with Crippen LogP contribution in [-0.4, -0.2) is 66.0 Å². The lowest BCUT2D eigenvalue weighted by Gasteiger charge is -2.30. The summed E-state index contributed by atoms with van der Waals surface area (Å²) < 4.78 is 5.39. The number of nitrogens with one attached hydrogen (secondary N) is 2. The monoisotopic (exact) mass is 414 g/mol. The number of nitrogens with zero attached hydrogens (tertiary/aromatic N) is 2. The maximum atomic E-state index is 12.8. The van der Waals surface area contributed by atoms with Crippen molar-refractivity contribution in [2.45, 2.75) is 50.7 Å². The Bertz CT molecular complexity index is 800. The van der Waals surface area contributed by atoms with Gasteiger partial charge < -0.3 is 15.4 Å². The molecular weight excluding hydrogens is 384 g/mol. The normalized spacial score (nSPS) is 21.7. The lowest BCUT2D eigenvalue weighted by atomic mass is 9.82. The van der Waals surface area contributed by atoms with Crippen molar-refractivity contribution < 1.29 is 19.1 Å². The van der Waals surface area contributed by atoms with Gasteiger partial charge >= 0.3 is 6.03 Å². The molecule has 1 spiro atoms. The third-order valence-corrected chi connectivity index (χ3v) is 6.25. The van der Waals surface area contributed by atoms with Gasteiger partial charge in [-0.3, -0.25) is 19.4 Å². The number of urea groups is 1. The number of benzene rings is 1. The largest absolute Gasteiger partial charge is 0.379 e. The quantitative estimate of drug-likeness (QED) is 0.687. The second-order valence-electron chi connectivity index (χ2n) is 8.45. The van der Waals surface area contributed by atoms with Crippen LogP contribution in [0, 0.1) is 0 Å². The number of imide groups is 1. The van der Waals surface area contributed by atoms with E-state index < -0.39 is 11.6 Å². The second kappa shape index (κ2) is 9.14. The molecule has 2 N–H and O–H groups in total. The molecule has 1 aliphatic carbocycles. The Morgan fingerprint density at radius 3 is 2.60 bits per heavy atom. The first-order chi connectivity index (χ1) is 14.6. The SMILES string of the molecule is O=C(CN1C(=O)NC2(CCCCC2)C1=O)NCc1cccc(CN2CCOCC2)c1. The minimum Gasteiger partial charge on any atom is -0.379 e. The van der Waals surface area contributed by atoms with Gasteiger partial charge in [-0.25, -0.2) is 4.79 Å². The first kappa shape index (κ1) is 20.8. The van der Waals surface area contributed by atoms with Crippen LogP contribution in [-0.2, 0) is 27.4 Å². The molecule has 0 atom stereocenters. The minimum absolute atomic E-state index is 0.236. The summed E-state index contributed by atoms with van der Waals surface area (Å²) in [4.78, 5) is 40.9. The Morgan fingerprint density at radius 2 is 1.83 bits per heavy atom. The predicted octanol–water partition coefficient (Wildman–Crippen LogP) is 1.39. The van der Waals surface area contributed by atoms with Gasteiger partial charge in [-0.15, -0.1) is 0 Å². The zero-order valence-electron chi connectivity index (χ0n) is 17.3.